The molecule has 0 aliphatic carbocycles. The predicted molar refractivity (Wildman–Crippen MR) is 66.0 cm³/mol. The highest BCUT2D eigenvalue weighted by molar-refractivity contribution is 6.31. The maximum Gasteiger partial charge on any atom is 0.231 e. The van der Waals surface area contributed by atoms with E-state index in [0.29, 0.717) is 5.88 Å². The number of aromatic nitrogens is 1. The molecule has 0 aliphatic heterocycles. The van der Waals surface area contributed by atoms with Gasteiger partial charge in [-0.15, -0.1) is 11.6 Å². The van der Waals surface area contributed by atoms with E-state index in [2.05, 4.69) is 18.1 Å². The van der Waals surface area contributed by atoms with E-state index in [0.717, 1.165) is 22.4 Å². The minimum Gasteiger partial charge on any atom is -0.343 e. The van der Waals surface area contributed by atoms with Gasteiger partial charge in [0.05, 0.1) is 11.4 Å². The Labute approximate surface area is 104 Å². The Bertz CT molecular complexity index is 520. The van der Waals surface area contributed by atoms with Crippen LogP contribution in [0.4, 0.5) is 0 Å². The van der Waals surface area contributed by atoms with Crippen LogP contribution in [0, 0.1) is 13.8 Å². The molecule has 0 aliphatic rings. The molecule has 1 heterocycles. The first-order valence-electron chi connectivity index (χ1n) is 4.91. The van der Waals surface area contributed by atoms with Gasteiger partial charge in [-0.1, -0.05) is 28.9 Å². The average Bonchev–Trinajstić information content (AvgIpc) is 2.59. The molecule has 0 amide bonds. The van der Waals surface area contributed by atoms with Crippen LogP contribution in [0.2, 0.25) is 5.22 Å². The molecular formula is C12H11Cl2NO. The molecule has 0 bridgehead atoms. The van der Waals surface area contributed by atoms with Crippen LogP contribution in [0.3, 0.4) is 0 Å². The topological polar surface area (TPSA) is 26.0 Å². The number of hydrogen-bond donors (Lipinski definition) is 0. The monoisotopic (exact) mass is 255 g/mol. The summed E-state index contributed by atoms with van der Waals surface area (Å²) in [6, 6.07) is 6.13. The molecule has 2 nitrogen and oxygen atoms in total. The molecular weight excluding hydrogens is 245 g/mol. The van der Waals surface area contributed by atoms with E-state index in [1.165, 1.54) is 5.56 Å². The number of rotatable bonds is 2. The summed E-state index contributed by atoms with van der Waals surface area (Å²) in [6.45, 7) is 4.08. The van der Waals surface area contributed by atoms with E-state index in [9.17, 15) is 0 Å². The van der Waals surface area contributed by atoms with E-state index in [1.807, 2.05) is 19.1 Å². The van der Waals surface area contributed by atoms with Gasteiger partial charge in [-0.05, 0) is 31.0 Å². The summed E-state index contributed by atoms with van der Waals surface area (Å²) >= 11 is 11.7. The van der Waals surface area contributed by atoms with Crippen LogP contribution in [-0.4, -0.2) is 5.16 Å². The first kappa shape index (κ1) is 11.5. The summed E-state index contributed by atoms with van der Waals surface area (Å²) in [5.74, 6) is 0.297. The van der Waals surface area contributed by atoms with Crippen molar-refractivity contribution in [1.82, 2.24) is 5.16 Å². The second kappa shape index (κ2) is 4.48. The summed E-state index contributed by atoms with van der Waals surface area (Å²) in [6.07, 6.45) is 0. The second-order valence-corrected chi connectivity index (χ2v) is 4.35. The molecule has 1 aromatic heterocycles. The third-order valence-electron chi connectivity index (χ3n) is 2.51. The third kappa shape index (κ3) is 1.95. The van der Waals surface area contributed by atoms with Crippen LogP contribution in [0.15, 0.2) is 22.7 Å². The van der Waals surface area contributed by atoms with Crippen molar-refractivity contribution in [3.63, 3.8) is 0 Å². The number of halogens is 2. The van der Waals surface area contributed by atoms with Gasteiger partial charge in [-0.2, -0.15) is 0 Å². The zero-order valence-electron chi connectivity index (χ0n) is 9.05. The molecule has 1 aromatic carbocycles. The first-order valence-corrected chi connectivity index (χ1v) is 5.82. The number of alkyl halides is 1. The lowest BCUT2D eigenvalue weighted by Crippen LogP contribution is -1.88. The highest BCUT2D eigenvalue weighted by atomic mass is 35.5. The van der Waals surface area contributed by atoms with Crippen molar-refractivity contribution in [2.24, 2.45) is 0 Å². The molecule has 0 N–H and O–H groups in total. The maximum atomic E-state index is 5.86. The zero-order chi connectivity index (χ0) is 11.7. The zero-order valence-corrected chi connectivity index (χ0v) is 10.6. The van der Waals surface area contributed by atoms with Gasteiger partial charge in [-0.3, -0.25) is 0 Å². The largest absolute Gasteiger partial charge is 0.343 e. The summed E-state index contributed by atoms with van der Waals surface area (Å²) in [5.41, 5.74) is 4.84. The van der Waals surface area contributed by atoms with Crippen LogP contribution in [0.1, 0.15) is 16.7 Å². The number of hydrogen-bond acceptors (Lipinski definition) is 2. The van der Waals surface area contributed by atoms with Gasteiger partial charge in [0.25, 0.3) is 0 Å². The molecule has 0 radical (unpaired) electrons. The molecule has 0 atom stereocenters. The van der Waals surface area contributed by atoms with Gasteiger partial charge in [0.2, 0.25) is 5.22 Å². The van der Waals surface area contributed by atoms with Crippen molar-refractivity contribution < 1.29 is 4.52 Å². The van der Waals surface area contributed by atoms with Crippen molar-refractivity contribution in [2.75, 3.05) is 0 Å². The van der Waals surface area contributed by atoms with Gasteiger partial charge in [-0.25, -0.2) is 0 Å². The molecule has 0 unspecified atom stereocenters. The van der Waals surface area contributed by atoms with Crippen molar-refractivity contribution in [2.45, 2.75) is 19.7 Å². The van der Waals surface area contributed by atoms with Gasteiger partial charge in [0.15, 0.2) is 0 Å². The van der Waals surface area contributed by atoms with E-state index in [-0.39, 0.29) is 5.22 Å². The molecule has 0 fully saturated rings. The van der Waals surface area contributed by atoms with Crippen molar-refractivity contribution >= 4 is 23.2 Å². The predicted octanol–water partition coefficient (Wildman–Crippen LogP) is 4.35. The number of aryl methyl sites for hydroxylation is 2. The Balaban J connectivity index is 2.58. The fourth-order valence-electron chi connectivity index (χ4n) is 1.70. The van der Waals surface area contributed by atoms with E-state index in [4.69, 9.17) is 27.7 Å². The Kier molecular flexibility index (Phi) is 3.22. The standard InChI is InChI=1S/C12H11Cl2NO/c1-7-3-4-9(8(2)5-7)11-10(6-13)12(14)16-15-11/h3-5H,6H2,1-2H3. The lowest BCUT2D eigenvalue weighted by molar-refractivity contribution is 0.423. The van der Waals surface area contributed by atoms with Crippen molar-refractivity contribution in [3.05, 3.63) is 40.1 Å². The Morgan fingerprint density at radius 1 is 1.31 bits per heavy atom. The quantitative estimate of drug-likeness (QED) is 0.746. The molecule has 2 rings (SSSR count). The summed E-state index contributed by atoms with van der Waals surface area (Å²) < 4.78 is 4.96. The van der Waals surface area contributed by atoms with Crippen LogP contribution < -0.4 is 0 Å². The Morgan fingerprint density at radius 2 is 2.06 bits per heavy atom. The molecule has 0 spiro atoms. The van der Waals surface area contributed by atoms with E-state index < -0.39 is 0 Å². The summed E-state index contributed by atoms with van der Waals surface area (Å²) in [5, 5.41) is 4.22. The number of nitrogens with zero attached hydrogens (tertiary/aromatic N) is 1. The minimum atomic E-state index is 0.268. The lowest BCUT2D eigenvalue weighted by atomic mass is 10.0. The second-order valence-electron chi connectivity index (χ2n) is 3.74. The van der Waals surface area contributed by atoms with Crippen LogP contribution in [-0.2, 0) is 5.88 Å². The van der Waals surface area contributed by atoms with Crippen molar-refractivity contribution in [3.8, 4) is 11.3 Å². The average molecular weight is 256 g/mol. The molecule has 2 aromatic rings. The van der Waals surface area contributed by atoms with Crippen molar-refractivity contribution in [1.29, 1.82) is 0 Å². The van der Waals surface area contributed by atoms with Crippen LogP contribution in [0.5, 0.6) is 0 Å². The molecule has 84 valence electrons. The smallest absolute Gasteiger partial charge is 0.231 e. The van der Waals surface area contributed by atoms with E-state index in [1.54, 1.807) is 0 Å². The van der Waals surface area contributed by atoms with Gasteiger partial charge in [0, 0.05) is 5.56 Å². The highest BCUT2D eigenvalue weighted by Crippen LogP contribution is 2.31. The maximum absolute atomic E-state index is 5.86. The van der Waals surface area contributed by atoms with Gasteiger partial charge < -0.3 is 4.52 Å². The lowest BCUT2D eigenvalue weighted by Gasteiger charge is -2.04. The normalized spacial score (nSPS) is 10.8. The van der Waals surface area contributed by atoms with Gasteiger partial charge >= 0.3 is 0 Å². The molecule has 0 saturated heterocycles. The molecule has 0 saturated carbocycles. The first-order chi connectivity index (χ1) is 7.63. The van der Waals surface area contributed by atoms with Crippen LogP contribution in [0.25, 0.3) is 11.3 Å². The third-order valence-corrected chi connectivity index (χ3v) is 3.08. The number of benzene rings is 1. The fraction of sp³-hybridized carbons (Fsp3) is 0.250. The molecule has 4 heteroatoms. The van der Waals surface area contributed by atoms with E-state index >= 15 is 0 Å². The minimum absolute atomic E-state index is 0.268. The summed E-state index contributed by atoms with van der Waals surface area (Å²) in [7, 11) is 0. The van der Waals surface area contributed by atoms with Gasteiger partial charge in [0.1, 0.15) is 5.69 Å². The Hall–Kier alpha value is -0.990. The summed E-state index contributed by atoms with van der Waals surface area (Å²) in [4.78, 5) is 0. The van der Waals surface area contributed by atoms with Crippen LogP contribution >= 0.6 is 23.2 Å². The SMILES string of the molecule is Cc1ccc(-c2noc(Cl)c2CCl)c(C)c1. The fourth-order valence-corrected chi connectivity index (χ4v) is 2.20. The highest BCUT2D eigenvalue weighted by Gasteiger charge is 2.16. The molecule has 16 heavy (non-hydrogen) atoms. The Morgan fingerprint density at radius 3 is 2.69 bits per heavy atom.